The molecule has 2 aliphatic carbocycles. The van der Waals surface area contributed by atoms with E-state index < -0.39 is 10.8 Å². The van der Waals surface area contributed by atoms with Crippen LogP contribution in [0.1, 0.15) is 66.8 Å². The van der Waals surface area contributed by atoms with Crippen LogP contribution in [0.5, 0.6) is 0 Å². The van der Waals surface area contributed by atoms with Gasteiger partial charge in [0, 0.05) is 33.5 Å². The number of hydrogen-bond acceptors (Lipinski definition) is 2. The molecular weight excluding hydrogens is 1080 g/mol. The van der Waals surface area contributed by atoms with Gasteiger partial charge in [-0.2, -0.15) is 0 Å². The second-order valence-electron chi connectivity index (χ2n) is 24.1. The molecule has 90 heavy (non-hydrogen) atoms. The van der Waals surface area contributed by atoms with Crippen LogP contribution in [0.15, 0.2) is 329 Å². The lowest BCUT2D eigenvalue weighted by Crippen LogP contribution is -2.29. The van der Waals surface area contributed by atoms with Crippen LogP contribution in [0.25, 0.3) is 67.1 Å². The molecule has 0 saturated heterocycles. The van der Waals surface area contributed by atoms with Gasteiger partial charge in [0.15, 0.2) is 0 Å². The number of nitrogens with zero attached hydrogens (tertiary/aromatic N) is 2. The van der Waals surface area contributed by atoms with Gasteiger partial charge in [-0.05, 0) is 174 Å². The Kier molecular flexibility index (Phi) is 13.1. The molecule has 0 amide bonds. The number of anilines is 6. The molecule has 0 radical (unpaired) electrons. The van der Waals surface area contributed by atoms with Crippen LogP contribution in [0.4, 0.5) is 34.1 Å². The lowest BCUT2D eigenvalue weighted by atomic mass is 9.67. The van der Waals surface area contributed by atoms with Crippen LogP contribution in [0, 0.1) is 13.8 Å². The molecule has 0 saturated carbocycles. The summed E-state index contributed by atoms with van der Waals surface area (Å²) in [7, 11) is 0. The second kappa shape index (κ2) is 21.8. The molecular formula is C88H64N2. The summed E-state index contributed by atoms with van der Waals surface area (Å²) in [6, 6.07) is 118. The molecule has 0 bridgehead atoms. The highest BCUT2D eigenvalue weighted by atomic mass is 15.1. The molecule has 0 spiro atoms. The van der Waals surface area contributed by atoms with E-state index in [1.54, 1.807) is 0 Å². The number of benzene rings is 14. The number of fused-ring (bicyclic) bond motifs is 8. The lowest BCUT2D eigenvalue weighted by molar-refractivity contribution is 0.768. The predicted octanol–water partition coefficient (Wildman–Crippen LogP) is 23.2. The molecule has 426 valence electrons. The molecule has 2 unspecified atom stereocenters. The van der Waals surface area contributed by atoms with Crippen LogP contribution in [0.3, 0.4) is 0 Å². The van der Waals surface area contributed by atoms with E-state index in [4.69, 9.17) is 0 Å². The summed E-state index contributed by atoms with van der Waals surface area (Å²) in [6.07, 6.45) is 3.86. The summed E-state index contributed by atoms with van der Waals surface area (Å²) in [6.45, 7) is 12.6. The minimum Gasteiger partial charge on any atom is -0.310 e. The first-order valence-corrected chi connectivity index (χ1v) is 31.2. The fourth-order valence-electron chi connectivity index (χ4n) is 15.2. The molecule has 0 fully saturated rings. The van der Waals surface area contributed by atoms with Gasteiger partial charge in [0.05, 0.1) is 22.2 Å². The minimum atomic E-state index is -0.594. The van der Waals surface area contributed by atoms with Crippen molar-refractivity contribution < 1.29 is 0 Å². The van der Waals surface area contributed by atoms with Crippen molar-refractivity contribution in [3.63, 3.8) is 0 Å². The Labute approximate surface area is 527 Å². The molecule has 0 aliphatic heterocycles. The summed E-state index contributed by atoms with van der Waals surface area (Å²) in [5.74, 6) is 0. The topological polar surface area (TPSA) is 6.48 Å². The molecule has 2 nitrogen and oxygen atoms in total. The van der Waals surface area contributed by atoms with E-state index in [0.717, 1.165) is 56.0 Å². The third-order valence-corrected chi connectivity index (χ3v) is 19.3. The Morgan fingerprint density at radius 1 is 0.256 bits per heavy atom. The van der Waals surface area contributed by atoms with E-state index in [9.17, 15) is 0 Å². The van der Waals surface area contributed by atoms with E-state index in [2.05, 4.69) is 352 Å². The lowest BCUT2D eigenvalue weighted by Gasteiger charge is -2.35. The number of aryl methyl sites for hydroxylation is 2. The van der Waals surface area contributed by atoms with Crippen molar-refractivity contribution in [3.8, 4) is 33.4 Å². The summed E-state index contributed by atoms with van der Waals surface area (Å²) >= 11 is 0. The van der Waals surface area contributed by atoms with E-state index in [1.165, 1.54) is 99.8 Å². The highest BCUT2D eigenvalue weighted by Crippen LogP contribution is 2.60. The molecule has 0 heterocycles. The van der Waals surface area contributed by atoms with Crippen molar-refractivity contribution in [3.05, 3.63) is 395 Å². The monoisotopic (exact) mass is 1150 g/mol. The van der Waals surface area contributed by atoms with Gasteiger partial charge in [0.1, 0.15) is 0 Å². The SMILES string of the molecule is C=Cc1ccc(C2(c3ccc(C)cc3)c3ccccc3-c3ccc(N(c4ccccc4)c4ccc(-c5ccc(N(c6ccccc6)c6ccc7c(c6)C(c6ccc(C)cc6)(c6ccc(C=C)cc6)c6ccccc6-7)c6ccccc56)c5ccccc45)cc32)cc1. The van der Waals surface area contributed by atoms with Crippen LogP contribution < -0.4 is 9.80 Å². The molecule has 0 aromatic heterocycles. The standard InChI is InChI=1S/C88H64N2/c1-5-61-37-45-65(46-38-61)87(63-41-33-59(3)34-42-63)81-31-19-17-27-75(81)77-51-49-69(57-83(77)87)89(67-21-9-7-10-22-67)85-55-53-73(71-25-13-15-29-79(71)85)74-54-56-86(80-30-16-14-26-72(74)80)90(68-23-11-8-12-24-68)70-50-52-78-76-28-18-20-32-82(76)88(84(78)58-70,64-43-35-60(4)36-44-64)66-47-39-62(6-2)40-48-66/h5-58H,1-2H2,3-4H3. The first kappa shape index (κ1) is 54.1. The molecule has 14 aromatic carbocycles. The van der Waals surface area contributed by atoms with E-state index in [-0.39, 0.29) is 0 Å². The van der Waals surface area contributed by atoms with Crippen LogP contribution in [-0.4, -0.2) is 0 Å². The van der Waals surface area contributed by atoms with Gasteiger partial charge in [-0.3, -0.25) is 0 Å². The number of rotatable bonds is 13. The zero-order chi connectivity index (χ0) is 60.5. The molecule has 2 aliphatic rings. The van der Waals surface area contributed by atoms with Crippen LogP contribution in [0.2, 0.25) is 0 Å². The molecule has 16 rings (SSSR count). The van der Waals surface area contributed by atoms with Crippen molar-refractivity contribution in [2.75, 3.05) is 9.80 Å². The maximum atomic E-state index is 4.12. The van der Waals surface area contributed by atoms with Crippen molar-refractivity contribution in [1.29, 1.82) is 0 Å². The Morgan fingerprint density at radius 2 is 0.567 bits per heavy atom. The third kappa shape index (κ3) is 8.40. The Balaban J connectivity index is 0.865. The van der Waals surface area contributed by atoms with Crippen molar-refractivity contribution >= 4 is 67.8 Å². The highest BCUT2D eigenvalue weighted by Gasteiger charge is 2.48. The average molecular weight is 1150 g/mol. The van der Waals surface area contributed by atoms with Crippen LogP contribution >= 0.6 is 0 Å². The van der Waals surface area contributed by atoms with Crippen molar-refractivity contribution in [2.24, 2.45) is 0 Å². The normalized spacial score (nSPS) is 15.2. The van der Waals surface area contributed by atoms with Gasteiger partial charge in [-0.25, -0.2) is 0 Å². The summed E-state index contributed by atoms with van der Waals surface area (Å²) in [4.78, 5) is 4.93. The first-order valence-electron chi connectivity index (χ1n) is 31.2. The van der Waals surface area contributed by atoms with E-state index >= 15 is 0 Å². The summed E-state index contributed by atoms with van der Waals surface area (Å²) in [5, 5.41) is 4.65. The van der Waals surface area contributed by atoms with Gasteiger partial charge in [0.25, 0.3) is 0 Å². The number of para-hydroxylation sites is 2. The maximum Gasteiger partial charge on any atom is 0.0714 e. The molecule has 2 atom stereocenters. The summed E-state index contributed by atoms with van der Waals surface area (Å²) < 4.78 is 0. The Morgan fingerprint density at radius 3 is 0.944 bits per heavy atom. The fourth-order valence-corrected chi connectivity index (χ4v) is 15.2. The van der Waals surface area contributed by atoms with Crippen LogP contribution in [-0.2, 0) is 10.8 Å². The quantitative estimate of drug-likeness (QED) is 0.114. The Bertz CT molecular complexity index is 4780. The van der Waals surface area contributed by atoms with Gasteiger partial charge >= 0.3 is 0 Å². The zero-order valence-electron chi connectivity index (χ0n) is 50.5. The van der Waals surface area contributed by atoms with Gasteiger partial charge in [-0.1, -0.05) is 291 Å². The molecule has 2 heteroatoms. The smallest absolute Gasteiger partial charge is 0.0714 e. The van der Waals surface area contributed by atoms with E-state index in [1.807, 2.05) is 12.2 Å². The third-order valence-electron chi connectivity index (χ3n) is 19.3. The van der Waals surface area contributed by atoms with Gasteiger partial charge in [0.2, 0.25) is 0 Å². The van der Waals surface area contributed by atoms with Crippen molar-refractivity contribution in [2.45, 2.75) is 24.7 Å². The first-order chi connectivity index (χ1) is 44.4. The maximum absolute atomic E-state index is 4.12. The second-order valence-corrected chi connectivity index (χ2v) is 24.1. The predicted molar refractivity (Wildman–Crippen MR) is 381 cm³/mol. The summed E-state index contributed by atoms with van der Waals surface area (Å²) in [5.41, 5.74) is 27.3. The minimum absolute atomic E-state index is 0.594. The van der Waals surface area contributed by atoms with E-state index in [0.29, 0.717) is 0 Å². The zero-order valence-corrected chi connectivity index (χ0v) is 50.5. The largest absolute Gasteiger partial charge is 0.310 e. The highest BCUT2D eigenvalue weighted by molar-refractivity contribution is 6.13. The molecule has 0 N–H and O–H groups in total. The Hall–Kier alpha value is -11.3. The van der Waals surface area contributed by atoms with Crippen molar-refractivity contribution in [1.82, 2.24) is 0 Å². The number of hydrogen-bond donors (Lipinski definition) is 0. The van der Waals surface area contributed by atoms with Gasteiger partial charge < -0.3 is 9.80 Å². The van der Waals surface area contributed by atoms with Gasteiger partial charge in [-0.15, -0.1) is 0 Å². The average Bonchev–Trinajstić information content (AvgIpc) is 1.53. The molecule has 14 aromatic rings. The fraction of sp³-hybridized carbons (Fsp3) is 0.0455.